The van der Waals surface area contributed by atoms with Gasteiger partial charge >= 0.3 is 0 Å². The number of aromatic nitrogens is 10. The van der Waals surface area contributed by atoms with Gasteiger partial charge in [0.2, 0.25) is 5.82 Å². The van der Waals surface area contributed by atoms with Crippen LogP contribution in [0.4, 0.5) is 0 Å². The van der Waals surface area contributed by atoms with Crippen LogP contribution in [0.15, 0.2) is 47.6 Å². The average molecular weight is 428 g/mol. The van der Waals surface area contributed by atoms with E-state index in [9.17, 15) is 0 Å². The van der Waals surface area contributed by atoms with Crippen molar-refractivity contribution >= 4 is 16.4 Å². The van der Waals surface area contributed by atoms with Crippen molar-refractivity contribution in [2.75, 3.05) is 0 Å². The van der Waals surface area contributed by atoms with E-state index in [-0.39, 0.29) is 6.61 Å². The monoisotopic (exact) mass is 428 g/mol. The Labute approximate surface area is 179 Å². The number of nitrogens with one attached hydrogen (secondary N) is 1. The predicted octanol–water partition coefficient (Wildman–Crippen LogP) is 2.34. The quantitative estimate of drug-likeness (QED) is 0.438. The van der Waals surface area contributed by atoms with Crippen LogP contribution < -0.4 is 4.74 Å². The van der Waals surface area contributed by atoms with E-state index in [1.54, 1.807) is 16.9 Å². The zero-order valence-electron chi connectivity index (χ0n) is 17.1. The molecule has 5 aromatic heterocycles. The minimum Gasteiger partial charge on any atom is -0.485 e. The van der Waals surface area contributed by atoms with Gasteiger partial charge in [0.1, 0.15) is 35.8 Å². The molecule has 158 valence electrons. The third kappa shape index (κ3) is 2.88. The number of benzene rings is 1. The fourth-order valence-corrected chi connectivity index (χ4v) is 3.57. The summed E-state index contributed by atoms with van der Waals surface area (Å²) in [6, 6.07) is 7.51. The van der Waals surface area contributed by atoms with Gasteiger partial charge in [0.25, 0.3) is 0 Å². The van der Waals surface area contributed by atoms with Crippen LogP contribution in [0.25, 0.3) is 39.3 Å². The molecule has 1 N–H and O–H groups in total. The lowest BCUT2D eigenvalue weighted by Gasteiger charge is -2.11. The van der Waals surface area contributed by atoms with E-state index in [1.807, 2.05) is 42.9 Å². The van der Waals surface area contributed by atoms with Crippen LogP contribution in [0, 0.1) is 6.92 Å². The lowest BCUT2D eigenvalue weighted by molar-refractivity contribution is 0.300. The highest BCUT2D eigenvalue weighted by atomic mass is 16.5. The van der Waals surface area contributed by atoms with Gasteiger partial charge in [-0.2, -0.15) is 14.7 Å². The summed E-state index contributed by atoms with van der Waals surface area (Å²) in [6.45, 7) is 2.02. The number of fused-ring (bicyclic) bond motifs is 3. The molecule has 0 aliphatic rings. The molecule has 0 atom stereocenters. The molecule has 0 bridgehead atoms. The Morgan fingerprint density at radius 1 is 1.16 bits per heavy atom. The lowest BCUT2D eigenvalue weighted by Crippen LogP contribution is -2.03. The van der Waals surface area contributed by atoms with E-state index < -0.39 is 0 Å². The summed E-state index contributed by atoms with van der Waals surface area (Å²) in [6.07, 6.45) is 5.12. The molecule has 0 radical (unpaired) electrons. The largest absolute Gasteiger partial charge is 0.485 e. The molecule has 0 aliphatic carbocycles. The van der Waals surface area contributed by atoms with Gasteiger partial charge in [0, 0.05) is 24.7 Å². The zero-order valence-corrected chi connectivity index (χ0v) is 17.1. The number of aromatic amines is 1. The minimum absolute atomic E-state index is 0.200. The Morgan fingerprint density at radius 3 is 2.84 bits per heavy atom. The summed E-state index contributed by atoms with van der Waals surface area (Å²) in [5.41, 5.74) is 2.42. The maximum absolute atomic E-state index is 6.07. The molecule has 5 heterocycles. The van der Waals surface area contributed by atoms with Crippen molar-refractivity contribution in [2.45, 2.75) is 13.5 Å². The van der Waals surface area contributed by atoms with Crippen molar-refractivity contribution in [2.24, 2.45) is 7.05 Å². The van der Waals surface area contributed by atoms with Crippen LogP contribution in [-0.4, -0.2) is 49.7 Å². The molecule has 0 unspecified atom stereocenters. The molecule has 0 saturated heterocycles. The predicted molar refractivity (Wildman–Crippen MR) is 111 cm³/mol. The van der Waals surface area contributed by atoms with Crippen molar-refractivity contribution < 1.29 is 9.26 Å². The summed E-state index contributed by atoms with van der Waals surface area (Å²) in [7, 11) is 1.90. The molecule has 0 spiro atoms. The van der Waals surface area contributed by atoms with Crippen molar-refractivity contribution in [3.05, 3.63) is 54.7 Å². The number of H-pyrrole nitrogens is 1. The van der Waals surface area contributed by atoms with E-state index in [0.29, 0.717) is 45.9 Å². The molecule has 0 saturated carbocycles. The summed E-state index contributed by atoms with van der Waals surface area (Å²) in [5, 5.41) is 25.9. The van der Waals surface area contributed by atoms with E-state index >= 15 is 0 Å². The fourth-order valence-electron chi connectivity index (χ4n) is 3.57. The van der Waals surface area contributed by atoms with E-state index in [0.717, 1.165) is 10.8 Å². The van der Waals surface area contributed by atoms with Crippen LogP contribution in [0.1, 0.15) is 11.6 Å². The Morgan fingerprint density at radius 2 is 2.09 bits per heavy atom. The first-order valence-electron chi connectivity index (χ1n) is 9.75. The van der Waals surface area contributed by atoms with Gasteiger partial charge in [0.15, 0.2) is 17.2 Å². The van der Waals surface area contributed by atoms with Crippen molar-refractivity contribution in [1.82, 2.24) is 49.7 Å². The van der Waals surface area contributed by atoms with Crippen LogP contribution in [0.5, 0.6) is 5.75 Å². The Hall–Kier alpha value is -4.61. The first-order valence-corrected chi connectivity index (χ1v) is 9.75. The fraction of sp³-hybridized carbons (Fsp3) is 0.150. The van der Waals surface area contributed by atoms with Gasteiger partial charge in [-0.05, 0) is 13.0 Å². The third-order valence-electron chi connectivity index (χ3n) is 4.97. The van der Waals surface area contributed by atoms with E-state index in [2.05, 4.69) is 35.5 Å². The van der Waals surface area contributed by atoms with Crippen molar-refractivity contribution in [3.8, 4) is 28.7 Å². The van der Waals surface area contributed by atoms with Gasteiger partial charge in [-0.3, -0.25) is 5.10 Å². The summed E-state index contributed by atoms with van der Waals surface area (Å²) in [4.78, 5) is 8.63. The molecule has 1 aromatic carbocycles. The summed E-state index contributed by atoms with van der Waals surface area (Å²) in [5.74, 6) is 2.31. The number of hydrogen-bond donors (Lipinski definition) is 1. The van der Waals surface area contributed by atoms with Gasteiger partial charge in [-0.15, -0.1) is 10.2 Å². The van der Waals surface area contributed by atoms with Crippen LogP contribution in [-0.2, 0) is 13.7 Å². The van der Waals surface area contributed by atoms with Crippen LogP contribution in [0.3, 0.4) is 0 Å². The van der Waals surface area contributed by atoms with E-state index in [4.69, 9.17) is 14.4 Å². The number of nitrogens with zero attached hydrogens (tertiary/aromatic N) is 9. The van der Waals surface area contributed by atoms with Gasteiger partial charge in [0.05, 0.1) is 11.7 Å². The van der Waals surface area contributed by atoms with Crippen LogP contribution >= 0.6 is 0 Å². The van der Waals surface area contributed by atoms with Crippen LogP contribution in [0.2, 0.25) is 0 Å². The molecule has 12 nitrogen and oxygen atoms in total. The zero-order chi connectivity index (χ0) is 21.7. The number of imidazole rings is 1. The number of ether oxygens (including phenoxy) is 1. The first-order chi connectivity index (χ1) is 15.7. The number of aryl methyl sites for hydroxylation is 2. The topological polar surface area (TPSA) is 138 Å². The molecular weight excluding hydrogens is 412 g/mol. The Bertz CT molecular complexity index is 1560. The second-order valence-corrected chi connectivity index (χ2v) is 7.24. The highest BCUT2D eigenvalue weighted by molar-refractivity contribution is 6.05. The molecule has 6 rings (SSSR count). The molecular formula is C20H16N10O2. The minimum atomic E-state index is 0.200. The molecule has 0 aliphatic heterocycles. The normalized spacial score (nSPS) is 11.6. The average Bonchev–Trinajstić information content (AvgIpc) is 3.59. The maximum Gasteiger partial charge on any atom is 0.207 e. The second kappa shape index (κ2) is 6.97. The SMILES string of the molecule is Cc1cc(-c2nnc3c4cccc(OCc5nc[nH]n5)c4c(-c4cn(C)cn4)nn23)no1. The highest BCUT2D eigenvalue weighted by Crippen LogP contribution is 2.36. The molecule has 0 fully saturated rings. The maximum atomic E-state index is 6.07. The Kier molecular flexibility index (Phi) is 3.96. The third-order valence-corrected chi connectivity index (χ3v) is 4.97. The molecule has 12 heteroatoms. The summed E-state index contributed by atoms with van der Waals surface area (Å²) >= 11 is 0. The standard InChI is InChI=1S/C20H16N10O2/c1-11-6-13(28-32-11)20-26-25-19-12-4-3-5-15(31-8-16-21-9-23-24-16)17(12)18(27-30(19)20)14-7-29(2)10-22-14/h3-7,9-10H,8H2,1-2H3,(H,21,23,24). The summed E-state index contributed by atoms with van der Waals surface area (Å²) < 4.78 is 14.8. The van der Waals surface area contributed by atoms with E-state index in [1.165, 1.54) is 6.33 Å². The lowest BCUT2D eigenvalue weighted by atomic mass is 10.1. The smallest absolute Gasteiger partial charge is 0.207 e. The molecule has 0 amide bonds. The first kappa shape index (κ1) is 18.2. The second-order valence-electron chi connectivity index (χ2n) is 7.24. The number of rotatable bonds is 5. The van der Waals surface area contributed by atoms with Crippen molar-refractivity contribution in [3.63, 3.8) is 0 Å². The number of hydrogen-bond acceptors (Lipinski definition) is 9. The molecule has 32 heavy (non-hydrogen) atoms. The Balaban J connectivity index is 1.61. The van der Waals surface area contributed by atoms with Gasteiger partial charge in [-0.1, -0.05) is 17.3 Å². The highest BCUT2D eigenvalue weighted by Gasteiger charge is 2.22. The van der Waals surface area contributed by atoms with Gasteiger partial charge in [-0.25, -0.2) is 9.97 Å². The van der Waals surface area contributed by atoms with Crippen molar-refractivity contribution in [1.29, 1.82) is 0 Å². The molecule has 6 aromatic rings. The van der Waals surface area contributed by atoms with Gasteiger partial charge < -0.3 is 13.8 Å².